The van der Waals surface area contributed by atoms with Crippen LogP contribution in [0.2, 0.25) is 5.02 Å². The molecule has 0 radical (unpaired) electrons. The molecule has 1 aliphatic heterocycles. The lowest BCUT2D eigenvalue weighted by molar-refractivity contribution is 0.202. The lowest BCUT2D eigenvalue weighted by Gasteiger charge is -2.36. The number of hydrogen-bond acceptors (Lipinski definition) is 4. The Morgan fingerprint density at radius 2 is 1.88 bits per heavy atom. The molecule has 5 aromatic rings. The Labute approximate surface area is 190 Å². The maximum Gasteiger partial charge on any atom is 0.204 e. The molecule has 32 heavy (non-hydrogen) atoms. The SMILES string of the molecule is Clc1ccc(CN2CCc3c([nH]c4ccccc34)C2c2cccc(-c3nn[nH]n3)c2)cc1. The molecule has 2 aromatic heterocycles. The molecule has 1 atom stereocenters. The minimum Gasteiger partial charge on any atom is -0.357 e. The number of benzene rings is 3. The first-order chi connectivity index (χ1) is 15.8. The number of hydrogen-bond donors (Lipinski definition) is 2. The van der Waals surface area contributed by atoms with Gasteiger partial charge in [0, 0.05) is 40.3 Å². The molecule has 0 saturated carbocycles. The second-order valence-electron chi connectivity index (χ2n) is 8.17. The number of H-pyrrole nitrogens is 2. The van der Waals surface area contributed by atoms with Gasteiger partial charge < -0.3 is 4.98 Å². The molecule has 6 rings (SSSR count). The molecule has 1 aliphatic rings. The highest BCUT2D eigenvalue weighted by atomic mass is 35.5. The molecule has 0 bridgehead atoms. The Morgan fingerprint density at radius 3 is 2.72 bits per heavy atom. The summed E-state index contributed by atoms with van der Waals surface area (Å²) in [7, 11) is 0. The third-order valence-electron chi connectivity index (χ3n) is 6.24. The lowest BCUT2D eigenvalue weighted by Crippen LogP contribution is -2.35. The Kier molecular flexibility index (Phi) is 4.74. The van der Waals surface area contributed by atoms with Crippen LogP contribution in [0.3, 0.4) is 0 Å². The summed E-state index contributed by atoms with van der Waals surface area (Å²) in [6.45, 7) is 1.80. The lowest BCUT2D eigenvalue weighted by atomic mass is 9.91. The van der Waals surface area contributed by atoms with Gasteiger partial charge in [-0.25, -0.2) is 0 Å². The number of tetrazole rings is 1. The standard InChI is InChI=1S/C25H21ClN6/c26-19-10-8-16(9-11-19)15-32-13-12-21-20-6-1-2-7-22(20)27-23(21)24(32)17-4-3-5-18(14-17)25-28-30-31-29-25/h1-11,14,24,27H,12-13,15H2,(H,28,29,30,31). The fourth-order valence-electron chi connectivity index (χ4n) is 4.79. The monoisotopic (exact) mass is 440 g/mol. The van der Waals surface area contributed by atoms with Gasteiger partial charge in [-0.15, -0.1) is 10.2 Å². The largest absolute Gasteiger partial charge is 0.357 e. The number of para-hydroxylation sites is 1. The minimum absolute atomic E-state index is 0.0914. The maximum absolute atomic E-state index is 6.12. The van der Waals surface area contributed by atoms with Crippen molar-refractivity contribution in [2.75, 3.05) is 6.54 Å². The average Bonchev–Trinajstić information content (AvgIpc) is 3.49. The van der Waals surface area contributed by atoms with Gasteiger partial charge in [-0.1, -0.05) is 60.1 Å². The summed E-state index contributed by atoms with van der Waals surface area (Å²) in [5, 5.41) is 16.7. The molecule has 2 N–H and O–H groups in total. The van der Waals surface area contributed by atoms with Gasteiger partial charge in [-0.2, -0.15) is 5.21 Å². The smallest absolute Gasteiger partial charge is 0.204 e. The highest BCUT2D eigenvalue weighted by Gasteiger charge is 2.32. The van der Waals surface area contributed by atoms with Crippen LogP contribution in [0.4, 0.5) is 0 Å². The molecule has 3 aromatic carbocycles. The Hall–Kier alpha value is -3.48. The second kappa shape index (κ2) is 7.89. The van der Waals surface area contributed by atoms with E-state index in [-0.39, 0.29) is 6.04 Å². The van der Waals surface area contributed by atoms with Crippen LogP contribution < -0.4 is 0 Å². The van der Waals surface area contributed by atoms with Gasteiger partial charge in [0.15, 0.2) is 0 Å². The first kappa shape index (κ1) is 19.2. The van der Waals surface area contributed by atoms with E-state index in [1.54, 1.807) is 0 Å². The predicted molar refractivity (Wildman–Crippen MR) is 125 cm³/mol. The molecule has 0 spiro atoms. The number of rotatable bonds is 4. The summed E-state index contributed by atoms with van der Waals surface area (Å²) < 4.78 is 0. The molecular weight excluding hydrogens is 420 g/mol. The molecule has 0 aliphatic carbocycles. The molecule has 0 saturated heterocycles. The fourth-order valence-corrected chi connectivity index (χ4v) is 4.92. The molecule has 0 fully saturated rings. The van der Waals surface area contributed by atoms with Crippen LogP contribution in [0.1, 0.15) is 28.4 Å². The zero-order valence-electron chi connectivity index (χ0n) is 17.3. The number of aromatic nitrogens is 5. The number of aromatic amines is 2. The summed E-state index contributed by atoms with van der Waals surface area (Å²) in [5.41, 5.74) is 7.25. The predicted octanol–water partition coefficient (Wildman–Crippen LogP) is 5.15. The van der Waals surface area contributed by atoms with Crippen LogP contribution in [0.5, 0.6) is 0 Å². The van der Waals surface area contributed by atoms with E-state index in [1.807, 2.05) is 18.2 Å². The van der Waals surface area contributed by atoms with Crippen molar-refractivity contribution in [2.24, 2.45) is 0 Å². The number of nitrogens with one attached hydrogen (secondary N) is 2. The van der Waals surface area contributed by atoms with Crippen molar-refractivity contribution in [1.29, 1.82) is 0 Å². The van der Waals surface area contributed by atoms with Crippen molar-refractivity contribution in [2.45, 2.75) is 19.0 Å². The average molecular weight is 441 g/mol. The molecule has 6 nitrogen and oxygen atoms in total. The van der Waals surface area contributed by atoms with Gasteiger partial charge in [0.25, 0.3) is 0 Å². The van der Waals surface area contributed by atoms with Crippen molar-refractivity contribution in [3.05, 3.63) is 100 Å². The van der Waals surface area contributed by atoms with Crippen LogP contribution in [-0.2, 0) is 13.0 Å². The van der Waals surface area contributed by atoms with Gasteiger partial charge >= 0.3 is 0 Å². The van der Waals surface area contributed by atoms with Crippen molar-refractivity contribution >= 4 is 22.5 Å². The van der Waals surface area contributed by atoms with E-state index in [4.69, 9.17) is 11.6 Å². The molecular formula is C25H21ClN6. The minimum atomic E-state index is 0.0914. The van der Waals surface area contributed by atoms with Crippen LogP contribution in [-0.4, -0.2) is 37.1 Å². The van der Waals surface area contributed by atoms with Gasteiger partial charge in [-0.05, 0) is 52.6 Å². The van der Waals surface area contributed by atoms with Crippen LogP contribution in [0.15, 0.2) is 72.8 Å². The van der Waals surface area contributed by atoms with E-state index >= 15 is 0 Å². The van der Waals surface area contributed by atoms with Gasteiger partial charge in [0.1, 0.15) is 0 Å². The Morgan fingerprint density at radius 1 is 1.00 bits per heavy atom. The van der Waals surface area contributed by atoms with Crippen molar-refractivity contribution < 1.29 is 0 Å². The first-order valence-corrected chi connectivity index (χ1v) is 11.1. The molecule has 7 heteroatoms. The van der Waals surface area contributed by atoms with E-state index in [2.05, 4.69) is 85.1 Å². The summed E-state index contributed by atoms with van der Waals surface area (Å²) in [6, 6.07) is 25.2. The van der Waals surface area contributed by atoms with E-state index in [9.17, 15) is 0 Å². The van der Waals surface area contributed by atoms with Gasteiger partial charge in [-0.3, -0.25) is 4.90 Å². The molecule has 1 unspecified atom stereocenters. The van der Waals surface area contributed by atoms with Crippen molar-refractivity contribution in [1.82, 2.24) is 30.5 Å². The molecule has 3 heterocycles. The Bertz CT molecular complexity index is 1370. The zero-order valence-corrected chi connectivity index (χ0v) is 18.0. The van der Waals surface area contributed by atoms with E-state index in [0.717, 1.165) is 30.1 Å². The maximum atomic E-state index is 6.12. The quantitative estimate of drug-likeness (QED) is 0.405. The van der Waals surface area contributed by atoms with E-state index in [1.165, 1.54) is 33.3 Å². The number of nitrogens with zero attached hydrogens (tertiary/aromatic N) is 4. The highest BCUT2D eigenvalue weighted by Crippen LogP contribution is 2.39. The second-order valence-corrected chi connectivity index (χ2v) is 8.61. The van der Waals surface area contributed by atoms with E-state index in [0.29, 0.717) is 5.82 Å². The summed E-state index contributed by atoms with van der Waals surface area (Å²) >= 11 is 6.12. The number of fused-ring (bicyclic) bond motifs is 3. The zero-order chi connectivity index (χ0) is 21.5. The van der Waals surface area contributed by atoms with Crippen LogP contribution in [0.25, 0.3) is 22.3 Å². The van der Waals surface area contributed by atoms with Gasteiger partial charge in [0.2, 0.25) is 5.82 Å². The summed E-state index contributed by atoms with van der Waals surface area (Å²) in [6.07, 6.45) is 1.01. The summed E-state index contributed by atoms with van der Waals surface area (Å²) in [5.74, 6) is 0.601. The van der Waals surface area contributed by atoms with Crippen LogP contribution >= 0.6 is 11.6 Å². The highest BCUT2D eigenvalue weighted by molar-refractivity contribution is 6.30. The van der Waals surface area contributed by atoms with E-state index < -0.39 is 0 Å². The van der Waals surface area contributed by atoms with Crippen molar-refractivity contribution in [3.8, 4) is 11.4 Å². The topological polar surface area (TPSA) is 73.5 Å². The normalized spacial score (nSPS) is 16.3. The summed E-state index contributed by atoms with van der Waals surface area (Å²) in [4.78, 5) is 6.26. The van der Waals surface area contributed by atoms with Crippen molar-refractivity contribution in [3.63, 3.8) is 0 Å². The first-order valence-electron chi connectivity index (χ1n) is 10.7. The third-order valence-corrected chi connectivity index (χ3v) is 6.49. The Balaban J connectivity index is 1.47. The third kappa shape index (κ3) is 3.38. The fraction of sp³-hybridized carbons (Fsp3) is 0.160. The van der Waals surface area contributed by atoms with Gasteiger partial charge in [0.05, 0.1) is 6.04 Å². The van der Waals surface area contributed by atoms with Crippen LogP contribution in [0, 0.1) is 0 Å². The molecule has 158 valence electrons. The number of halogens is 1. The molecule has 0 amide bonds.